The Morgan fingerprint density at radius 2 is 1.86 bits per heavy atom. The maximum absolute atomic E-state index is 12.0. The maximum atomic E-state index is 12.0. The van der Waals surface area contributed by atoms with Crippen molar-refractivity contribution in [1.82, 2.24) is 10.3 Å². The summed E-state index contributed by atoms with van der Waals surface area (Å²) in [4.78, 5) is 15.2. The van der Waals surface area contributed by atoms with Crippen LogP contribution in [0, 0.1) is 6.92 Å². The van der Waals surface area contributed by atoms with Gasteiger partial charge in [0, 0.05) is 30.1 Å². The maximum Gasteiger partial charge on any atom is 0.321 e. The quantitative estimate of drug-likeness (QED) is 0.243. The number of aromatic amines is 1. The van der Waals surface area contributed by atoms with E-state index in [-0.39, 0.29) is 0 Å². The average Bonchev–Trinajstić information content (AvgIpc) is 3.25. The number of H-pyrrole nitrogens is 1. The number of carbonyl (C=O) groups is 1. The first-order valence-corrected chi connectivity index (χ1v) is 12.0. The number of carboxylic acid groups (broad SMARTS) is 1. The molecule has 0 spiro atoms. The number of halogens is 1. The standard InChI is InChI=1S/C28H29ClN2O4/c1-3-34-26-13-20(12-23(29)27(26)35-17-19-10-8-18(2)9-11-19)15-30-25(28(32)33)14-21-16-31-24-7-5-4-6-22(21)24/h4-13,16,25,30-31H,3,14-15,17H2,1-2H3,(H,32,33). The fourth-order valence-electron chi connectivity index (χ4n) is 3.97. The number of ether oxygens (including phenoxy) is 2. The molecule has 1 aromatic heterocycles. The molecule has 0 aliphatic heterocycles. The number of para-hydroxylation sites is 1. The number of nitrogens with one attached hydrogen (secondary N) is 2. The van der Waals surface area contributed by atoms with Crippen molar-refractivity contribution < 1.29 is 19.4 Å². The molecule has 0 bridgehead atoms. The average molecular weight is 493 g/mol. The summed E-state index contributed by atoms with van der Waals surface area (Å²) in [6.07, 6.45) is 2.22. The second kappa shape index (κ2) is 11.3. The zero-order valence-corrected chi connectivity index (χ0v) is 20.6. The highest BCUT2D eigenvalue weighted by Crippen LogP contribution is 2.37. The molecule has 6 nitrogen and oxygen atoms in total. The van der Waals surface area contributed by atoms with E-state index in [0.29, 0.717) is 42.7 Å². The summed E-state index contributed by atoms with van der Waals surface area (Å²) in [5.41, 5.74) is 4.96. The van der Waals surface area contributed by atoms with Crippen molar-refractivity contribution in [1.29, 1.82) is 0 Å². The first-order chi connectivity index (χ1) is 16.9. The third kappa shape index (κ3) is 6.15. The number of aryl methyl sites for hydroxylation is 1. The molecule has 3 N–H and O–H groups in total. The molecule has 0 saturated heterocycles. The number of aliphatic carboxylic acids is 1. The van der Waals surface area contributed by atoms with Crippen molar-refractivity contribution in [3.8, 4) is 11.5 Å². The summed E-state index contributed by atoms with van der Waals surface area (Å²) in [6.45, 7) is 5.06. The molecular weight excluding hydrogens is 464 g/mol. The first-order valence-electron chi connectivity index (χ1n) is 11.6. The van der Waals surface area contributed by atoms with Crippen LogP contribution in [0.25, 0.3) is 10.9 Å². The molecule has 35 heavy (non-hydrogen) atoms. The van der Waals surface area contributed by atoms with Gasteiger partial charge in [0.2, 0.25) is 0 Å². The second-order valence-electron chi connectivity index (χ2n) is 8.45. The third-order valence-corrected chi connectivity index (χ3v) is 6.10. The SMILES string of the molecule is CCOc1cc(CNC(Cc2c[nH]c3ccccc23)C(=O)O)cc(Cl)c1OCc1ccc(C)cc1. The molecule has 1 atom stereocenters. The van der Waals surface area contributed by atoms with Crippen LogP contribution in [-0.4, -0.2) is 28.7 Å². The van der Waals surface area contributed by atoms with Gasteiger partial charge in [0.1, 0.15) is 12.6 Å². The lowest BCUT2D eigenvalue weighted by molar-refractivity contribution is -0.139. The van der Waals surface area contributed by atoms with Crippen molar-refractivity contribution in [2.24, 2.45) is 0 Å². The van der Waals surface area contributed by atoms with E-state index in [2.05, 4.69) is 10.3 Å². The highest BCUT2D eigenvalue weighted by Gasteiger charge is 2.20. The van der Waals surface area contributed by atoms with Gasteiger partial charge in [-0.2, -0.15) is 0 Å². The molecule has 4 rings (SSSR count). The smallest absolute Gasteiger partial charge is 0.321 e. The summed E-state index contributed by atoms with van der Waals surface area (Å²) in [5.74, 6) is 0.100. The summed E-state index contributed by atoms with van der Waals surface area (Å²) >= 11 is 6.57. The molecule has 0 fully saturated rings. The number of hydrogen-bond donors (Lipinski definition) is 3. The van der Waals surface area contributed by atoms with Crippen molar-refractivity contribution in [3.63, 3.8) is 0 Å². The lowest BCUT2D eigenvalue weighted by atomic mass is 10.0. The van der Waals surface area contributed by atoms with Crippen molar-refractivity contribution in [2.75, 3.05) is 6.61 Å². The van der Waals surface area contributed by atoms with Crippen LogP contribution in [0.15, 0.2) is 66.9 Å². The number of rotatable bonds is 11. The normalized spacial score (nSPS) is 12.0. The molecule has 1 unspecified atom stereocenters. The van der Waals surface area contributed by atoms with Crippen LogP contribution >= 0.6 is 11.6 Å². The minimum Gasteiger partial charge on any atom is -0.490 e. The molecule has 182 valence electrons. The Labute approximate surface area is 209 Å². The summed E-state index contributed by atoms with van der Waals surface area (Å²) < 4.78 is 11.8. The van der Waals surface area contributed by atoms with Crippen LogP contribution in [-0.2, 0) is 24.4 Å². The van der Waals surface area contributed by atoms with Crippen LogP contribution in [0.2, 0.25) is 5.02 Å². The fourth-order valence-corrected chi connectivity index (χ4v) is 4.26. The van der Waals surface area contributed by atoms with E-state index in [1.165, 1.54) is 5.56 Å². The van der Waals surface area contributed by atoms with Crippen LogP contribution in [0.3, 0.4) is 0 Å². The molecule has 0 amide bonds. The number of hydrogen-bond acceptors (Lipinski definition) is 4. The van der Waals surface area contributed by atoms with Gasteiger partial charge in [-0.1, -0.05) is 59.6 Å². The van der Waals surface area contributed by atoms with Crippen molar-refractivity contribution in [2.45, 2.75) is 39.5 Å². The van der Waals surface area contributed by atoms with Crippen LogP contribution in [0.4, 0.5) is 0 Å². The number of fused-ring (bicyclic) bond motifs is 1. The Morgan fingerprint density at radius 1 is 1.09 bits per heavy atom. The molecule has 1 heterocycles. The third-order valence-electron chi connectivity index (χ3n) is 5.82. The number of benzene rings is 3. The van der Waals surface area contributed by atoms with Gasteiger partial charge in [-0.25, -0.2) is 0 Å². The van der Waals surface area contributed by atoms with E-state index in [4.69, 9.17) is 21.1 Å². The Bertz CT molecular complexity index is 1300. The predicted octanol–water partition coefficient (Wildman–Crippen LogP) is 5.89. The van der Waals surface area contributed by atoms with E-state index in [0.717, 1.165) is 27.6 Å². The van der Waals surface area contributed by atoms with Gasteiger partial charge in [0.25, 0.3) is 0 Å². The van der Waals surface area contributed by atoms with E-state index in [1.807, 2.05) is 74.6 Å². The van der Waals surface area contributed by atoms with E-state index in [9.17, 15) is 9.90 Å². The molecule has 4 aromatic rings. The van der Waals surface area contributed by atoms with Gasteiger partial charge in [-0.15, -0.1) is 0 Å². The van der Waals surface area contributed by atoms with Gasteiger partial charge in [-0.3, -0.25) is 4.79 Å². The zero-order chi connectivity index (χ0) is 24.8. The first kappa shape index (κ1) is 24.6. The van der Waals surface area contributed by atoms with Gasteiger partial charge in [0.15, 0.2) is 11.5 Å². The molecular formula is C28H29ClN2O4. The Balaban J connectivity index is 1.47. The summed E-state index contributed by atoms with van der Waals surface area (Å²) in [6, 6.07) is 18.8. The zero-order valence-electron chi connectivity index (χ0n) is 19.8. The predicted molar refractivity (Wildman–Crippen MR) is 138 cm³/mol. The Kier molecular flexibility index (Phi) is 7.95. The van der Waals surface area contributed by atoms with Gasteiger partial charge >= 0.3 is 5.97 Å². The highest BCUT2D eigenvalue weighted by molar-refractivity contribution is 6.32. The van der Waals surface area contributed by atoms with Crippen LogP contribution in [0.5, 0.6) is 11.5 Å². The summed E-state index contributed by atoms with van der Waals surface area (Å²) in [5, 5.41) is 14.4. The lowest BCUT2D eigenvalue weighted by Gasteiger charge is -2.18. The van der Waals surface area contributed by atoms with E-state index in [1.54, 1.807) is 6.07 Å². The Hall–Kier alpha value is -3.48. The molecule has 0 radical (unpaired) electrons. The lowest BCUT2D eigenvalue weighted by Crippen LogP contribution is -2.38. The highest BCUT2D eigenvalue weighted by atomic mass is 35.5. The molecule has 0 aliphatic rings. The molecule has 3 aromatic carbocycles. The second-order valence-corrected chi connectivity index (χ2v) is 8.85. The van der Waals surface area contributed by atoms with Crippen LogP contribution in [0.1, 0.15) is 29.2 Å². The monoisotopic (exact) mass is 492 g/mol. The summed E-state index contributed by atoms with van der Waals surface area (Å²) in [7, 11) is 0. The van der Waals surface area contributed by atoms with Crippen molar-refractivity contribution in [3.05, 3.63) is 94.1 Å². The minimum atomic E-state index is -0.913. The number of carboxylic acids is 1. The van der Waals surface area contributed by atoms with Gasteiger partial charge in [0.05, 0.1) is 11.6 Å². The van der Waals surface area contributed by atoms with E-state index < -0.39 is 12.0 Å². The largest absolute Gasteiger partial charge is 0.490 e. The fraction of sp³-hybridized carbons (Fsp3) is 0.250. The topological polar surface area (TPSA) is 83.6 Å². The van der Waals surface area contributed by atoms with Gasteiger partial charge in [-0.05, 0) is 48.7 Å². The Morgan fingerprint density at radius 3 is 2.60 bits per heavy atom. The van der Waals surface area contributed by atoms with Gasteiger partial charge < -0.3 is 24.9 Å². The van der Waals surface area contributed by atoms with Crippen LogP contribution < -0.4 is 14.8 Å². The molecule has 0 aliphatic carbocycles. The van der Waals surface area contributed by atoms with E-state index >= 15 is 0 Å². The minimum absolute atomic E-state index is 0.317. The molecule has 7 heteroatoms. The van der Waals surface area contributed by atoms with Crippen molar-refractivity contribution >= 4 is 28.5 Å². The molecule has 0 saturated carbocycles. The number of aromatic nitrogens is 1.